The van der Waals surface area contributed by atoms with Crippen LogP contribution in [0.15, 0.2) is 49.1 Å². The standard InChI is InChI=1S/C19H15FN4O4/c1-19(2)15-7-11(3-5-13(15)18(25)28-19)17(23-10-21-9-22-23)14-6-4-12(24(26)27)8-16(14)20/h3-10,17H,1-2H3. The lowest BCUT2D eigenvalue weighted by Crippen LogP contribution is -2.18. The molecule has 142 valence electrons. The SMILES string of the molecule is CC1(C)OC(=O)c2ccc(C(c3ccc([N+](=O)[O-])cc3F)n3cncn3)cc21. The molecule has 9 heteroatoms. The van der Waals surface area contributed by atoms with Crippen LogP contribution in [0.4, 0.5) is 10.1 Å². The van der Waals surface area contributed by atoms with Gasteiger partial charge in [0, 0.05) is 17.2 Å². The molecule has 0 bridgehead atoms. The van der Waals surface area contributed by atoms with Gasteiger partial charge in [0.15, 0.2) is 0 Å². The lowest BCUT2D eigenvalue weighted by molar-refractivity contribution is -0.385. The van der Waals surface area contributed by atoms with Crippen molar-refractivity contribution in [1.29, 1.82) is 0 Å². The number of nitro benzene ring substituents is 1. The Balaban J connectivity index is 1.88. The van der Waals surface area contributed by atoms with E-state index in [2.05, 4.69) is 10.1 Å². The predicted octanol–water partition coefficient (Wildman–Crippen LogP) is 3.37. The molecule has 2 aromatic carbocycles. The van der Waals surface area contributed by atoms with Crippen LogP contribution in [0.3, 0.4) is 0 Å². The summed E-state index contributed by atoms with van der Waals surface area (Å²) in [5.41, 5.74) is 0.816. The van der Waals surface area contributed by atoms with Crippen LogP contribution in [-0.2, 0) is 10.3 Å². The van der Waals surface area contributed by atoms with E-state index in [0.29, 0.717) is 16.7 Å². The van der Waals surface area contributed by atoms with Gasteiger partial charge in [-0.3, -0.25) is 10.1 Å². The van der Waals surface area contributed by atoms with Gasteiger partial charge in [0.25, 0.3) is 5.69 Å². The molecule has 1 aliphatic rings. The van der Waals surface area contributed by atoms with Crippen molar-refractivity contribution in [1.82, 2.24) is 14.8 Å². The Morgan fingerprint density at radius 3 is 2.68 bits per heavy atom. The monoisotopic (exact) mass is 382 g/mol. The Kier molecular flexibility index (Phi) is 3.95. The Labute approximate surface area is 158 Å². The molecule has 0 fully saturated rings. The first kappa shape index (κ1) is 17.8. The lowest BCUT2D eigenvalue weighted by atomic mass is 9.90. The van der Waals surface area contributed by atoms with Crippen molar-refractivity contribution in [2.75, 3.05) is 0 Å². The minimum atomic E-state index is -0.816. The van der Waals surface area contributed by atoms with Gasteiger partial charge < -0.3 is 4.74 Å². The summed E-state index contributed by atoms with van der Waals surface area (Å²) in [4.78, 5) is 26.2. The third kappa shape index (κ3) is 2.81. The summed E-state index contributed by atoms with van der Waals surface area (Å²) in [6.07, 6.45) is 2.76. The summed E-state index contributed by atoms with van der Waals surface area (Å²) in [6.45, 7) is 3.55. The van der Waals surface area contributed by atoms with E-state index in [1.807, 2.05) is 0 Å². The number of esters is 1. The van der Waals surface area contributed by atoms with Crippen molar-refractivity contribution in [3.8, 4) is 0 Å². The number of nitro groups is 1. The van der Waals surface area contributed by atoms with Crippen LogP contribution >= 0.6 is 0 Å². The van der Waals surface area contributed by atoms with Crippen LogP contribution < -0.4 is 0 Å². The van der Waals surface area contributed by atoms with Crippen LogP contribution in [0, 0.1) is 15.9 Å². The number of hydrogen-bond acceptors (Lipinski definition) is 6. The van der Waals surface area contributed by atoms with Crippen LogP contribution in [-0.4, -0.2) is 25.7 Å². The van der Waals surface area contributed by atoms with Crippen molar-refractivity contribution in [3.05, 3.63) is 87.2 Å². The fourth-order valence-electron chi connectivity index (χ4n) is 3.43. The smallest absolute Gasteiger partial charge is 0.339 e. The zero-order valence-electron chi connectivity index (χ0n) is 15.0. The fourth-order valence-corrected chi connectivity index (χ4v) is 3.43. The first-order valence-corrected chi connectivity index (χ1v) is 8.43. The third-order valence-electron chi connectivity index (χ3n) is 4.77. The van der Waals surface area contributed by atoms with Crippen LogP contribution in [0.2, 0.25) is 0 Å². The molecule has 0 spiro atoms. The Bertz CT molecular complexity index is 1100. The topological polar surface area (TPSA) is 100 Å². The molecule has 0 N–H and O–H groups in total. The highest BCUT2D eigenvalue weighted by Gasteiger charge is 2.38. The summed E-state index contributed by atoms with van der Waals surface area (Å²) in [5, 5.41) is 15.0. The van der Waals surface area contributed by atoms with Crippen molar-refractivity contribution in [2.24, 2.45) is 0 Å². The van der Waals surface area contributed by atoms with E-state index in [1.165, 1.54) is 29.5 Å². The quantitative estimate of drug-likeness (QED) is 0.390. The minimum absolute atomic E-state index is 0.194. The van der Waals surface area contributed by atoms with Gasteiger partial charge in [0.2, 0.25) is 0 Å². The van der Waals surface area contributed by atoms with E-state index in [9.17, 15) is 19.3 Å². The van der Waals surface area contributed by atoms with E-state index < -0.39 is 28.4 Å². The number of cyclic esters (lactones) is 1. The minimum Gasteiger partial charge on any atom is -0.451 e. The predicted molar refractivity (Wildman–Crippen MR) is 95.2 cm³/mol. The Morgan fingerprint density at radius 2 is 2.04 bits per heavy atom. The maximum atomic E-state index is 14.8. The fraction of sp³-hybridized carbons (Fsp3) is 0.211. The molecule has 4 rings (SSSR count). The van der Waals surface area contributed by atoms with Gasteiger partial charge in [-0.05, 0) is 37.6 Å². The normalized spacial score (nSPS) is 15.8. The van der Waals surface area contributed by atoms with Gasteiger partial charge in [0.05, 0.1) is 16.6 Å². The highest BCUT2D eigenvalue weighted by atomic mass is 19.1. The number of fused-ring (bicyclic) bond motifs is 1. The van der Waals surface area contributed by atoms with Gasteiger partial charge in [-0.25, -0.2) is 18.9 Å². The number of hydrogen-bond donors (Lipinski definition) is 0. The molecule has 2 heterocycles. The number of non-ortho nitro benzene ring substituents is 1. The Morgan fingerprint density at radius 1 is 1.25 bits per heavy atom. The van der Waals surface area contributed by atoms with Gasteiger partial charge in [0.1, 0.15) is 30.1 Å². The van der Waals surface area contributed by atoms with Gasteiger partial charge in [-0.2, -0.15) is 5.10 Å². The van der Waals surface area contributed by atoms with Crippen LogP contribution in [0.25, 0.3) is 0 Å². The van der Waals surface area contributed by atoms with E-state index in [-0.39, 0.29) is 11.3 Å². The maximum Gasteiger partial charge on any atom is 0.339 e. The van der Waals surface area contributed by atoms with E-state index in [1.54, 1.807) is 32.0 Å². The van der Waals surface area contributed by atoms with Crippen LogP contribution in [0.5, 0.6) is 0 Å². The lowest BCUT2D eigenvalue weighted by Gasteiger charge is -2.22. The average Bonchev–Trinajstić information content (AvgIpc) is 3.23. The zero-order chi connectivity index (χ0) is 20.1. The summed E-state index contributed by atoms with van der Waals surface area (Å²) >= 11 is 0. The largest absolute Gasteiger partial charge is 0.451 e. The Hall–Kier alpha value is -3.62. The highest BCUT2D eigenvalue weighted by Crippen LogP contribution is 2.39. The molecule has 1 atom stereocenters. The summed E-state index contributed by atoms with van der Waals surface area (Å²) in [6, 6.07) is 7.85. The number of halogens is 1. The summed E-state index contributed by atoms with van der Waals surface area (Å²) in [7, 11) is 0. The molecule has 3 aromatic rings. The second-order valence-corrected chi connectivity index (χ2v) is 6.95. The first-order valence-electron chi connectivity index (χ1n) is 8.43. The highest BCUT2D eigenvalue weighted by molar-refractivity contribution is 5.94. The van der Waals surface area contributed by atoms with Gasteiger partial charge in [-0.15, -0.1) is 0 Å². The summed E-state index contributed by atoms with van der Waals surface area (Å²) < 4.78 is 21.6. The average molecular weight is 382 g/mol. The van der Waals surface area contributed by atoms with E-state index in [4.69, 9.17) is 4.74 Å². The number of carbonyl (C=O) groups excluding carboxylic acids is 1. The van der Waals surface area contributed by atoms with Crippen molar-refractivity contribution < 1.29 is 18.8 Å². The number of rotatable bonds is 4. The zero-order valence-corrected chi connectivity index (χ0v) is 15.0. The molecule has 1 unspecified atom stereocenters. The van der Waals surface area contributed by atoms with Crippen molar-refractivity contribution in [2.45, 2.75) is 25.5 Å². The maximum absolute atomic E-state index is 14.8. The number of carbonyl (C=O) groups is 1. The molecular formula is C19H15FN4O4. The summed E-state index contributed by atoms with van der Waals surface area (Å²) in [5.74, 6) is -1.15. The number of aromatic nitrogens is 3. The molecule has 0 radical (unpaired) electrons. The first-order chi connectivity index (χ1) is 13.3. The molecule has 1 aromatic heterocycles. The number of benzene rings is 2. The molecule has 1 aliphatic heterocycles. The van der Waals surface area contributed by atoms with Crippen molar-refractivity contribution >= 4 is 11.7 Å². The van der Waals surface area contributed by atoms with E-state index >= 15 is 0 Å². The van der Waals surface area contributed by atoms with Crippen molar-refractivity contribution in [3.63, 3.8) is 0 Å². The molecule has 0 saturated carbocycles. The number of nitrogens with zero attached hydrogens (tertiary/aromatic N) is 4. The number of ether oxygens (including phenoxy) is 1. The molecule has 28 heavy (non-hydrogen) atoms. The molecule has 0 aliphatic carbocycles. The van der Waals surface area contributed by atoms with E-state index in [0.717, 1.165) is 6.07 Å². The van der Waals surface area contributed by atoms with Gasteiger partial charge >= 0.3 is 5.97 Å². The van der Waals surface area contributed by atoms with Gasteiger partial charge in [-0.1, -0.05) is 6.07 Å². The second kappa shape index (κ2) is 6.22. The molecule has 0 amide bonds. The second-order valence-electron chi connectivity index (χ2n) is 6.95. The molecule has 0 saturated heterocycles. The molecule has 8 nitrogen and oxygen atoms in total. The third-order valence-corrected chi connectivity index (χ3v) is 4.77. The molecular weight excluding hydrogens is 367 g/mol. The van der Waals surface area contributed by atoms with Crippen LogP contribution in [0.1, 0.15) is 46.9 Å².